The molecule has 1 rings (SSSR count). The highest BCUT2D eigenvalue weighted by Crippen LogP contribution is 2.21. The number of rotatable bonds is 0. The summed E-state index contributed by atoms with van der Waals surface area (Å²) in [6.45, 7) is 0. The molecule has 1 aromatic rings. The van der Waals surface area contributed by atoms with Gasteiger partial charge in [-0.25, -0.2) is 4.39 Å². The molecule has 0 aliphatic heterocycles. The maximum absolute atomic E-state index is 12.9. The van der Waals surface area contributed by atoms with Gasteiger partial charge in [0.1, 0.15) is 6.07 Å². The van der Waals surface area contributed by atoms with Crippen molar-refractivity contribution in [2.24, 2.45) is 0 Å². The SMILES string of the molecule is N#Cc1cc(I)cc(Br)c1F. The van der Waals surface area contributed by atoms with Crippen molar-refractivity contribution in [3.8, 4) is 6.07 Å². The number of hydrogen-bond acceptors (Lipinski definition) is 1. The normalized spacial score (nSPS) is 9.27. The van der Waals surface area contributed by atoms with E-state index in [0.29, 0.717) is 4.47 Å². The number of nitrogens with zero attached hydrogens (tertiary/aromatic N) is 1. The average Bonchev–Trinajstić information content (AvgIpc) is 1.96. The molecular formula is C7H2BrFIN. The van der Waals surface area contributed by atoms with E-state index in [2.05, 4.69) is 15.9 Å². The van der Waals surface area contributed by atoms with E-state index >= 15 is 0 Å². The zero-order valence-electron chi connectivity index (χ0n) is 5.24. The second-order valence-electron chi connectivity index (χ2n) is 1.86. The Hall–Kier alpha value is -0.150. The summed E-state index contributed by atoms with van der Waals surface area (Å²) in [5.74, 6) is -0.493. The number of halogens is 3. The van der Waals surface area contributed by atoms with Gasteiger partial charge in [0.2, 0.25) is 0 Å². The Labute approximate surface area is 85.5 Å². The smallest absolute Gasteiger partial charge is 0.155 e. The molecule has 0 radical (unpaired) electrons. The van der Waals surface area contributed by atoms with Gasteiger partial charge in [-0.3, -0.25) is 0 Å². The fourth-order valence-electron chi connectivity index (χ4n) is 0.637. The minimum absolute atomic E-state index is 0.0729. The van der Waals surface area contributed by atoms with Gasteiger partial charge < -0.3 is 0 Å². The molecule has 0 unspecified atom stereocenters. The molecule has 0 heterocycles. The van der Waals surface area contributed by atoms with Gasteiger partial charge in [0.25, 0.3) is 0 Å². The molecule has 0 aliphatic carbocycles. The maximum Gasteiger partial charge on any atom is 0.155 e. The first-order valence-corrected chi connectivity index (χ1v) is 4.57. The summed E-state index contributed by atoms with van der Waals surface area (Å²) in [6.07, 6.45) is 0. The molecule has 0 saturated heterocycles. The van der Waals surface area contributed by atoms with Gasteiger partial charge in [0.15, 0.2) is 5.82 Å². The Morgan fingerprint density at radius 1 is 1.55 bits per heavy atom. The lowest BCUT2D eigenvalue weighted by atomic mass is 10.2. The van der Waals surface area contributed by atoms with Crippen LogP contribution in [-0.2, 0) is 0 Å². The van der Waals surface area contributed by atoms with E-state index in [1.807, 2.05) is 22.6 Å². The van der Waals surface area contributed by atoms with Crippen molar-refractivity contribution < 1.29 is 4.39 Å². The molecule has 0 aliphatic rings. The molecule has 0 amide bonds. The lowest BCUT2D eigenvalue weighted by molar-refractivity contribution is 0.617. The van der Waals surface area contributed by atoms with E-state index in [1.165, 1.54) is 6.07 Å². The van der Waals surface area contributed by atoms with E-state index in [4.69, 9.17) is 5.26 Å². The monoisotopic (exact) mass is 325 g/mol. The predicted octanol–water partition coefficient (Wildman–Crippen LogP) is 3.06. The fourth-order valence-corrected chi connectivity index (χ4v) is 2.15. The minimum atomic E-state index is -0.493. The topological polar surface area (TPSA) is 23.8 Å². The van der Waals surface area contributed by atoms with Crippen LogP contribution in [0.2, 0.25) is 0 Å². The molecule has 0 N–H and O–H groups in total. The number of nitriles is 1. The molecule has 0 aromatic heterocycles. The molecular weight excluding hydrogens is 324 g/mol. The molecule has 11 heavy (non-hydrogen) atoms. The van der Waals surface area contributed by atoms with E-state index < -0.39 is 5.82 Å². The second-order valence-corrected chi connectivity index (χ2v) is 3.96. The molecule has 0 saturated carbocycles. The predicted molar refractivity (Wildman–Crippen MR) is 51.5 cm³/mol. The van der Waals surface area contributed by atoms with Crippen molar-refractivity contribution in [3.63, 3.8) is 0 Å². The van der Waals surface area contributed by atoms with Gasteiger partial charge in [-0.05, 0) is 50.7 Å². The molecule has 0 bridgehead atoms. The highest BCUT2D eigenvalue weighted by atomic mass is 127. The highest BCUT2D eigenvalue weighted by Gasteiger charge is 2.06. The lowest BCUT2D eigenvalue weighted by Gasteiger charge is -1.96. The Balaban J connectivity index is 3.39. The van der Waals surface area contributed by atoms with Crippen LogP contribution in [0.4, 0.5) is 4.39 Å². The Kier molecular flexibility index (Phi) is 2.84. The van der Waals surface area contributed by atoms with Crippen molar-refractivity contribution in [2.75, 3.05) is 0 Å². The second kappa shape index (κ2) is 3.50. The van der Waals surface area contributed by atoms with Gasteiger partial charge >= 0.3 is 0 Å². The van der Waals surface area contributed by atoms with Gasteiger partial charge in [0, 0.05) is 3.57 Å². The van der Waals surface area contributed by atoms with Gasteiger partial charge in [-0.2, -0.15) is 5.26 Å². The van der Waals surface area contributed by atoms with Gasteiger partial charge in [0.05, 0.1) is 10.0 Å². The maximum atomic E-state index is 12.9. The van der Waals surface area contributed by atoms with E-state index in [0.717, 1.165) is 3.57 Å². The summed E-state index contributed by atoms with van der Waals surface area (Å²) < 4.78 is 14.1. The van der Waals surface area contributed by atoms with Crippen LogP contribution in [0.1, 0.15) is 5.56 Å². The first kappa shape index (κ1) is 8.94. The third-order valence-corrected chi connectivity index (χ3v) is 2.31. The third kappa shape index (κ3) is 1.91. The number of hydrogen-bond donors (Lipinski definition) is 0. The first-order chi connectivity index (χ1) is 5.15. The average molecular weight is 326 g/mol. The minimum Gasteiger partial charge on any atom is -0.204 e. The zero-order chi connectivity index (χ0) is 8.43. The van der Waals surface area contributed by atoms with Crippen LogP contribution in [0, 0.1) is 20.7 Å². The summed E-state index contributed by atoms with van der Waals surface area (Å²) in [6, 6.07) is 4.89. The van der Waals surface area contributed by atoms with Crippen molar-refractivity contribution in [3.05, 3.63) is 31.6 Å². The highest BCUT2D eigenvalue weighted by molar-refractivity contribution is 14.1. The molecule has 1 aromatic carbocycles. The lowest BCUT2D eigenvalue weighted by Crippen LogP contribution is -1.86. The molecule has 0 atom stereocenters. The molecule has 56 valence electrons. The van der Waals surface area contributed by atoms with E-state index in [9.17, 15) is 4.39 Å². The third-order valence-electron chi connectivity index (χ3n) is 1.11. The Morgan fingerprint density at radius 3 is 2.73 bits per heavy atom. The molecule has 1 nitrogen and oxygen atoms in total. The van der Waals surface area contributed by atoms with Crippen LogP contribution in [0.15, 0.2) is 16.6 Å². The van der Waals surface area contributed by atoms with Crippen molar-refractivity contribution in [1.82, 2.24) is 0 Å². The summed E-state index contributed by atoms with van der Waals surface area (Å²) >= 11 is 5.03. The van der Waals surface area contributed by atoms with Crippen LogP contribution in [0.3, 0.4) is 0 Å². The molecule has 0 fully saturated rings. The quantitative estimate of drug-likeness (QED) is 0.531. The number of benzene rings is 1. The summed E-state index contributed by atoms with van der Waals surface area (Å²) in [7, 11) is 0. The summed E-state index contributed by atoms with van der Waals surface area (Å²) in [5.41, 5.74) is 0.0729. The fraction of sp³-hybridized carbons (Fsp3) is 0. The van der Waals surface area contributed by atoms with Gasteiger partial charge in [-0.15, -0.1) is 0 Å². The van der Waals surface area contributed by atoms with E-state index in [1.54, 1.807) is 12.1 Å². The van der Waals surface area contributed by atoms with Crippen LogP contribution in [0.5, 0.6) is 0 Å². The Morgan fingerprint density at radius 2 is 2.18 bits per heavy atom. The standard InChI is InChI=1S/C7H2BrFIN/c8-6-2-5(10)1-4(3-11)7(6)9/h1-2H. The van der Waals surface area contributed by atoms with Crippen LogP contribution in [0.25, 0.3) is 0 Å². The van der Waals surface area contributed by atoms with Crippen molar-refractivity contribution >= 4 is 38.5 Å². The summed E-state index contributed by atoms with van der Waals surface area (Å²) in [4.78, 5) is 0. The zero-order valence-corrected chi connectivity index (χ0v) is 8.98. The van der Waals surface area contributed by atoms with Gasteiger partial charge in [-0.1, -0.05) is 0 Å². The van der Waals surface area contributed by atoms with Crippen LogP contribution < -0.4 is 0 Å². The van der Waals surface area contributed by atoms with Crippen LogP contribution in [-0.4, -0.2) is 0 Å². The largest absolute Gasteiger partial charge is 0.204 e. The molecule has 4 heteroatoms. The van der Waals surface area contributed by atoms with Crippen molar-refractivity contribution in [2.45, 2.75) is 0 Å². The molecule has 0 spiro atoms. The van der Waals surface area contributed by atoms with Crippen LogP contribution >= 0.6 is 38.5 Å². The first-order valence-electron chi connectivity index (χ1n) is 2.70. The van der Waals surface area contributed by atoms with Crippen molar-refractivity contribution in [1.29, 1.82) is 5.26 Å². The summed E-state index contributed by atoms with van der Waals surface area (Å²) in [5, 5.41) is 8.45. The Bertz CT molecular complexity index is 332. The van der Waals surface area contributed by atoms with E-state index in [-0.39, 0.29) is 5.56 Å².